The second-order valence-corrected chi connectivity index (χ2v) is 28.7. The van der Waals surface area contributed by atoms with Gasteiger partial charge in [-0.1, -0.05) is 244 Å². The van der Waals surface area contributed by atoms with Crippen molar-refractivity contribution in [3.8, 4) is 0 Å². The Labute approximate surface area is 751 Å². The fraction of sp³-hybridized carbons (Fsp3) is 0.354. The Kier molecular flexibility index (Phi) is 48.1. The van der Waals surface area contributed by atoms with Crippen molar-refractivity contribution >= 4 is 107 Å². The molecule has 4 aliphatic rings. The van der Waals surface area contributed by atoms with E-state index in [-0.39, 0.29) is 0 Å². The van der Waals surface area contributed by atoms with Gasteiger partial charge in [-0.15, -0.1) is 0 Å². The molecule has 0 N–H and O–H groups in total. The van der Waals surface area contributed by atoms with Crippen LogP contribution in [0, 0.1) is 83.1 Å². The molecular formula is C113H154N12. The molecule has 0 atom stereocenters. The van der Waals surface area contributed by atoms with Gasteiger partial charge in [0.1, 0.15) is 17.1 Å². The van der Waals surface area contributed by atoms with E-state index in [0.29, 0.717) is 0 Å². The van der Waals surface area contributed by atoms with Crippen LogP contribution in [0.1, 0.15) is 246 Å². The molecule has 16 aromatic rings. The SMILES string of the molecule is CC.CC.CC.CC.CC.CC.CC.CC.CC.CC1=c2c(C)cccc2=CC1.CC1=c2c(C)ccnc2=CC1.CC1=c2c(C)cncc2=CC1.CC1=c2c(C)nccc2=CC1.Cc1ccc2ccnc(C)n12.Cc1ccc2cncc(C)n12.Cc1cccc2c3ccccc3n(C)c12.Cc1cccc2c3cccnc3n(C)c12.Cc1ccnc2ccc(C)n12. The fourth-order valence-corrected chi connectivity index (χ4v) is 15.8. The third kappa shape index (κ3) is 27.3. The number of aromatic nitrogens is 12. The molecule has 4 aromatic carbocycles. The van der Waals surface area contributed by atoms with Crippen LogP contribution in [-0.4, -0.2) is 57.2 Å². The number of nitrogens with zero attached hydrogens (tertiary/aromatic N) is 12. The van der Waals surface area contributed by atoms with Gasteiger partial charge in [-0.05, 0) is 269 Å². The molecule has 0 saturated carbocycles. The van der Waals surface area contributed by atoms with Crippen molar-refractivity contribution in [3.05, 3.63) is 317 Å². The first-order valence-electron chi connectivity index (χ1n) is 46.1. The third-order valence-electron chi connectivity index (χ3n) is 20.9. The van der Waals surface area contributed by atoms with Gasteiger partial charge in [0.15, 0.2) is 0 Å². The molecule has 12 heteroatoms. The Morgan fingerprint density at radius 2 is 0.720 bits per heavy atom. The number of hydrogen-bond donors (Lipinski definition) is 0. The Morgan fingerprint density at radius 3 is 1.30 bits per heavy atom. The molecule has 4 aliphatic carbocycles. The first-order valence-corrected chi connectivity index (χ1v) is 46.1. The lowest BCUT2D eigenvalue weighted by Gasteiger charge is -2.00. The highest BCUT2D eigenvalue weighted by Crippen LogP contribution is 2.31. The molecule has 12 heterocycles. The van der Waals surface area contributed by atoms with Crippen LogP contribution in [0.2, 0.25) is 0 Å². The van der Waals surface area contributed by atoms with E-state index in [1.807, 2.05) is 212 Å². The number of rotatable bonds is 0. The maximum absolute atomic E-state index is 4.42. The quantitative estimate of drug-likeness (QED) is 0.149. The van der Waals surface area contributed by atoms with Crippen molar-refractivity contribution < 1.29 is 0 Å². The van der Waals surface area contributed by atoms with Gasteiger partial charge in [0.05, 0.1) is 28.1 Å². The van der Waals surface area contributed by atoms with E-state index >= 15 is 0 Å². The summed E-state index contributed by atoms with van der Waals surface area (Å²) in [6.45, 7) is 70.0. The van der Waals surface area contributed by atoms with Gasteiger partial charge in [0.25, 0.3) is 0 Å². The predicted octanol–water partition coefficient (Wildman–Crippen LogP) is 25.3. The van der Waals surface area contributed by atoms with Crippen molar-refractivity contribution in [3.63, 3.8) is 0 Å². The van der Waals surface area contributed by atoms with E-state index in [2.05, 4.69) is 327 Å². The summed E-state index contributed by atoms with van der Waals surface area (Å²) < 4.78 is 10.9. The Hall–Kier alpha value is -11.9. The van der Waals surface area contributed by atoms with Crippen LogP contribution in [0.3, 0.4) is 0 Å². The molecular weight excluding hydrogens is 1530 g/mol. The second kappa shape index (κ2) is 56.1. The Balaban J connectivity index is 0.000000355. The lowest BCUT2D eigenvalue weighted by molar-refractivity contribution is 0.959. The molecule has 666 valence electrons. The summed E-state index contributed by atoms with van der Waals surface area (Å²) >= 11 is 0. The third-order valence-corrected chi connectivity index (χ3v) is 20.9. The summed E-state index contributed by atoms with van der Waals surface area (Å²) in [4.78, 5) is 29.7. The summed E-state index contributed by atoms with van der Waals surface area (Å²) in [6, 6.07) is 52.8. The molecule has 0 bridgehead atoms. The minimum atomic E-state index is 1.03. The van der Waals surface area contributed by atoms with Crippen LogP contribution in [0.5, 0.6) is 0 Å². The highest BCUT2D eigenvalue weighted by molar-refractivity contribution is 6.09. The fourth-order valence-electron chi connectivity index (χ4n) is 15.8. The van der Waals surface area contributed by atoms with Crippen molar-refractivity contribution in [2.45, 2.75) is 261 Å². The predicted molar refractivity (Wildman–Crippen MR) is 552 cm³/mol. The summed E-state index contributed by atoms with van der Waals surface area (Å²) in [5.41, 5.74) is 28.3. The minimum absolute atomic E-state index is 1.03. The maximum atomic E-state index is 4.42. The van der Waals surface area contributed by atoms with Crippen LogP contribution in [0.25, 0.3) is 107 Å². The largest absolute Gasteiger partial charge is 0.343 e. The van der Waals surface area contributed by atoms with Crippen LogP contribution in [0.4, 0.5) is 0 Å². The molecule has 0 fully saturated rings. The van der Waals surface area contributed by atoms with Gasteiger partial charge >= 0.3 is 0 Å². The number of pyridine rings is 4. The molecule has 125 heavy (non-hydrogen) atoms. The van der Waals surface area contributed by atoms with Crippen LogP contribution in [0.15, 0.2) is 207 Å². The molecule has 0 saturated heterocycles. The zero-order valence-electron chi connectivity index (χ0n) is 83.6. The van der Waals surface area contributed by atoms with E-state index < -0.39 is 0 Å². The average Bonchev–Trinajstić information content (AvgIpc) is 1.61. The second-order valence-electron chi connectivity index (χ2n) is 28.7. The summed E-state index contributed by atoms with van der Waals surface area (Å²) in [5.74, 6) is 1.05. The molecule has 0 amide bonds. The van der Waals surface area contributed by atoms with E-state index in [4.69, 9.17) is 0 Å². The van der Waals surface area contributed by atoms with Gasteiger partial charge in [0, 0.05) is 141 Å². The van der Waals surface area contributed by atoms with E-state index in [1.165, 1.54) is 170 Å². The summed E-state index contributed by atoms with van der Waals surface area (Å²) in [6.07, 6.45) is 30.3. The van der Waals surface area contributed by atoms with Crippen molar-refractivity contribution in [1.82, 2.24) is 57.2 Å². The number of hydrogen-bond acceptors (Lipinski definition) is 7. The number of para-hydroxylation sites is 3. The molecule has 0 spiro atoms. The normalized spacial score (nSPS) is 11.1. The number of fused-ring (bicyclic) bond motifs is 13. The zero-order chi connectivity index (χ0) is 93.7. The molecule has 12 nitrogen and oxygen atoms in total. The highest BCUT2D eigenvalue weighted by atomic mass is 15.0. The van der Waals surface area contributed by atoms with Crippen LogP contribution in [-0.2, 0) is 14.1 Å². The highest BCUT2D eigenvalue weighted by Gasteiger charge is 2.12. The molecule has 0 aliphatic heterocycles. The van der Waals surface area contributed by atoms with Crippen molar-refractivity contribution in [2.75, 3.05) is 0 Å². The van der Waals surface area contributed by atoms with Crippen LogP contribution >= 0.6 is 0 Å². The Morgan fingerprint density at radius 1 is 0.264 bits per heavy atom. The molecule has 0 radical (unpaired) electrons. The van der Waals surface area contributed by atoms with Crippen molar-refractivity contribution in [1.29, 1.82) is 0 Å². The van der Waals surface area contributed by atoms with Gasteiger partial charge in [-0.2, -0.15) is 0 Å². The number of aryl methyl sites for hydroxylation is 14. The van der Waals surface area contributed by atoms with Gasteiger partial charge in [-0.3, -0.25) is 19.9 Å². The standard InChI is InChI=1S/C14H13N.C13H12N2.C11H12.3C10H11N.3C9H10N2.9C2H6/c1-10-6-5-8-12-11-7-3-4-9-13(11)15(2)14(10)12;1-9-5-3-6-10-11-7-4-8-14-13(11)15(2)12(9)10;1-8-4-3-5-10-7-6-9(2)11(8)10;1-7-3-4-9-6-11-5-8(2)10(7)9;1-7-3-4-9-5-6-11-8(2)10(7)9;1-7-3-4-9-10(7)8(2)5-6-11-9;1-7-3-4-9-6-10-5-8(2)11(7)9;1-7-3-4-9-5-6-10-8(2)11(7)9;1-7-3-4-9-10-6-5-8(2)11(7)9;9*1-2/h3-9H,1-2H3;3-8H,1-2H3;3-5,7H,6H2,1-2H3;3*4-6H,3H2,1-2H3;3*3-6H,1-2H3;9*1-2H3. The van der Waals surface area contributed by atoms with Gasteiger partial charge in [-0.25, -0.2) is 15.0 Å². The van der Waals surface area contributed by atoms with Gasteiger partial charge < -0.3 is 22.3 Å². The first kappa shape index (κ1) is 107. The number of benzene rings is 4. The minimum Gasteiger partial charge on any atom is -0.343 e. The first-order chi connectivity index (χ1) is 60.6. The summed E-state index contributed by atoms with van der Waals surface area (Å²) in [7, 11) is 4.21. The lowest BCUT2D eigenvalue weighted by Crippen LogP contribution is -2.28. The Bertz CT molecular complexity index is 5940. The van der Waals surface area contributed by atoms with E-state index in [1.54, 1.807) is 0 Å². The van der Waals surface area contributed by atoms with Crippen molar-refractivity contribution in [2.24, 2.45) is 14.1 Å². The smallest absolute Gasteiger partial charge is 0.140 e. The summed E-state index contributed by atoms with van der Waals surface area (Å²) in [5, 5.41) is 16.1. The molecule has 12 aromatic heterocycles. The monoisotopic (exact) mass is 1680 g/mol. The van der Waals surface area contributed by atoms with Crippen LogP contribution < -0.4 is 41.9 Å². The topological polar surface area (TPSA) is 113 Å². The lowest BCUT2D eigenvalue weighted by atomic mass is 10.1. The van der Waals surface area contributed by atoms with E-state index in [0.717, 1.165) is 48.5 Å². The van der Waals surface area contributed by atoms with E-state index in [9.17, 15) is 0 Å². The zero-order valence-corrected chi connectivity index (χ0v) is 83.6. The molecule has 0 unspecified atom stereocenters. The average molecular weight is 1680 g/mol. The molecule has 20 rings (SSSR count). The van der Waals surface area contributed by atoms with Gasteiger partial charge in [0.2, 0.25) is 0 Å². The maximum Gasteiger partial charge on any atom is 0.140 e.